The first-order valence-electron chi connectivity index (χ1n) is 6.53. The Kier molecular flexibility index (Phi) is 4.30. The van der Waals surface area contributed by atoms with Gasteiger partial charge in [0.1, 0.15) is 5.76 Å². The summed E-state index contributed by atoms with van der Waals surface area (Å²) < 4.78 is 5.33. The largest absolute Gasteiger partial charge is 0.467 e. The van der Waals surface area contributed by atoms with Crippen LogP contribution in [-0.2, 0) is 6.54 Å². The van der Waals surface area contributed by atoms with Gasteiger partial charge in [-0.1, -0.05) is 0 Å². The van der Waals surface area contributed by atoms with Crippen LogP contribution in [0.25, 0.3) is 0 Å². The Morgan fingerprint density at radius 1 is 1.40 bits per heavy atom. The minimum Gasteiger partial charge on any atom is -0.467 e. The average molecular weight is 273 g/mol. The van der Waals surface area contributed by atoms with Crippen molar-refractivity contribution < 1.29 is 9.21 Å². The predicted molar refractivity (Wildman–Crippen MR) is 79.7 cm³/mol. The smallest absolute Gasteiger partial charge is 0.253 e. The molecule has 0 aliphatic heterocycles. The Bertz CT molecular complexity index is 579. The minimum absolute atomic E-state index is 0.103. The highest BCUT2D eigenvalue weighted by atomic mass is 16.3. The van der Waals surface area contributed by atoms with Crippen LogP contribution in [0.15, 0.2) is 41.0 Å². The van der Waals surface area contributed by atoms with Crippen LogP contribution in [0.5, 0.6) is 0 Å². The Morgan fingerprint density at radius 2 is 2.20 bits per heavy atom. The third-order valence-corrected chi connectivity index (χ3v) is 2.99. The number of benzene rings is 1. The van der Waals surface area contributed by atoms with Crippen molar-refractivity contribution >= 4 is 17.3 Å². The quantitative estimate of drug-likeness (QED) is 0.820. The maximum absolute atomic E-state index is 12.1. The van der Waals surface area contributed by atoms with E-state index in [0.717, 1.165) is 11.4 Å². The van der Waals surface area contributed by atoms with Crippen molar-refractivity contribution in [2.45, 2.75) is 13.5 Å². The second-order valence-corrected chi connectivity index (χ2v) is 4.57. The monoisotopic (exact) mass is 273 g/mol. The Balaban J connectivity index is 2.28. The van der Waals surface area contributed by atoms with Gasteiger partial charge in [0.15, 0.2) is 0 Å². The second-order valence-electron chi connectivity index (χ2n) is 4.57. The molecule has 1 amide bonds. The zero-order valence-corrected chi connectivity index (χ0v) is 11.7. The molecular weight excluding hydrogens is 254 g/mol. The van der Waals surface area contributed by atoms with Crippen LogP contribution < -0.4 is 16.0 Å². The van der Waals surface area contributed by atoms with E-state index in [0.29, 0.717) is 24.3 Å². The molecule has 0 aliphatic rings. The van der Waals surface area contributed by atoms with Gasteiger partial charge in [0, 0.05) is 19.3 Å². The molecule has 0 saturated carbocycles. The third-order valence-electron chi connectivity index (χ3n) is 2.99. The second kappa shape index (κ2) is 6.14. The van der Waals surface area contributed by atoms with Crippen LogP contribution in [0, 0.1) is 0 Å². The number of hydrogen-bond donors (Lipinski definition) is 2. The molecule has 20 heavy (non-hydrogen) atoms. The zero-order valence-electron chi connectivity index (χ0n) is 11.7. The summed E-state index contributed by atoms with van der Waals surface area (Å²) in [6.45, 7) is 3.05. The van der Waals surface area contributed by atoms with Gasteiger partial charge in [0.2, 0.25) is 0 Å². The van der Waals surface area contributed by atoms with Gasteiger partial charge in [-0.2, -0.15) is 0 Å². The molecule has 0 atom stereocenters. The summed E-state index contributed by atoms with van der Waals surface area (Å²) in [6.07, 6.45) is 1.63. The summed E-state index contributed by atoms with van der Waals surface area (Å²) in [7, 11) is 1.90. The molecule has 0 radical (unpaired) electrons. The number of nitrogens with zero attached hydrogens (tertiary/aromatic N) is 1. The highest BCUT2D eigenvalue weighted by molar-refractivity contribution is 6.00. The van der Waals surface area contributed by atoms with Crippen LogP contribution in [0.1, 0.15) is 23.0 Å². The lowest BCUT2D eigenvalue weighted by atomic mass is 10.1. The van der Waals surface area contributed by atoms with Crippen molar-refractivity contribution in [3.63, 3.8) is 0 Å². The number of hydrogen-bond acceptors (Lipinski definition) is 4. The maximum atomic E-state index is 12.1. The Hall–Kier alpha value is -2.43. The molecule has 106 valence electrons. The summed E-state index contributed by atoms with van der Waals surface area (Å²) >= 11 is 0. The number of anilines is 2. The molecule has 1 heterocycles. The van der Waals surface area contributed by atoms with E-state index in [1.54, 1.807) is 24.5 Å². The van der Waals surface area contributed by atoms with Gasteiger partial charge < -0.3 is 20.4 Å². The summed E-state index contributed by atoms with van der Waals surface area (Å²) in [5, 5.41) is 2.81. The fourth-order valence-corrected chi connectivity index (χ4v) is 2.03. The van der Waals surface area contributed by atoms with Gasteiger partial charge in [0.25, 0.3) is 5.91 Å². The number of carbonyl (C=O) groups excluding carboxylic acids is 1. The number of furan rings is 1. The number of nitrogen functional groups attached to an aromatic ring is 1. The van der Waals surface area contributed by atoms with Crippen LogP contribution in [-0.4, -0.2) is 19.5 Å². The molecule has 1 aromatic heterocycles. The molecule has 2 rings (SSSR count). The maximum Gasteiger partial charge on any atom is 0.253 e. The van der Waals surface area contributed by atoms with Crippen molar-refractivity contribution in [3.05, 3.63) is 47.9 Å². The Labute approximate surface area is 118 Å². The van der Waals surface area contributed by atoms with E-state index >= 15 is 0 Å². The number of nitrogens with two attached hydrogens (primary N) is 1. The Morgan fingerprint density at radius 3 is 2.85 bits per heavy atom. The lowest BCUT2D eigenvalue weighted by molar-refractivity contribution is 0.0956. The molecule has 5 heteroatoms. The van der Waals surface area contributed by atoms with Crippen molar-refractivity contribution in [2.75, 3.05) is 24.2 Å². The molecule has 5 nitrogen and oxygen atoms in total. The zero-order chi connectivity index (χ0) is 14.5. The van der Waals surface area contributed by atoms with Crippen molar-refractivity contribution in [3.8, 4) is 0 Å². The third kappa shape index (κ3) is 3.12. The van der Waals surface area contributed by atoms with Crippen LogP contribution in [0.3, 0.4) is 0 Å². The molecular formula is C15H19N3O2. The van der Waals surface area contributed by atoms with Gasteiger partial charge in [0.05, 0.1) is 24.1 Å². The molecule has 0 fully saturated rings. The predicted octanol–water partition coefficient (Wildman–Crippen LogP) is 2.25. The molecule has 2 aromatic rings. The van der Waals surface area contributed by atoms with Crippen molar-refractivity contribution in [1.82, 2.24) is 5.32 Å². The topological polar surface area (TPSA) is 71.5 Å². The normalized spacial score (nSPS) is 10.3. The van der Waals surface area contributed by atoms with E-state index in [9.17, 15) is 4.79 Å². The van der Waals surface area contributed by atoms with E-state index in [4.69, 9.17) is 10.2 Å². The SMILES string of the molecule is CCNC(=O)c1ccc(N)cc1N(C)Cc1ccco1. The standard InChI is InChI=1S/C15H19N3O2/c1-3-17-15(19)13-7-6-11(16)9-14(13)18(2)10-12-5-4-8-20-12/h4-9H,3,10,16H2,1-2H3,(H,17,19). The first-order valence-corrected chi connectivity index (χ1v) is 6.53. The summed E-state index contributed by atoms with van der Waals surface area (Å²) in [4.78, 5) is 14.0. The number of nitrogens with one attached hydrogen (secondary N) is 1. The molecule has 0 bridgehead atoms. The van der Waals surface area contributed by atoms with Crippen LogP contribution in [0.2, 0.25) is 0 Å². The van der Waals surface area contributed by atoms with Gasteiger partial charge in [-0.05, 0) is 37.3 Å². The molecule has 0 aliphatic carbocycles. The fraction of sp³-hybridized carbons (Fsp3) is 0.267. The molecule has 0 unspecified atom stereocenters. The van der Waals surface area contributed by atoms with Crippen molar-refractivity contribution in [2.24, 2.45) is 0 Å². The number of rotatable bonds is 5. The molecule has 3 N–H and O–H groups in total. The van der Waals surface area contributed by atoms with Gasteiger partial charge in [-0.3, -0.25) is 4.79 Å². The van der Waals surface area contributed by atoms with Gasteiger partial charge >= 0.3 is 0 Å². The van der Waals surface area contributed by atoms with E-state index < -0.39 is 0 Å². The van der Waals surface area contributed by atoms with Crippen LogP contribution in [0.4, 0.5) is 11.4 Å². The lowest BCUT2D eigenvalue weighted by Gasteiger charge is -2.21. The molecule has 0 saturated heterocycles. The minimum atomic E-state index is -0.103. The summed E-state index contributed by atoms with van der Waals surface area (Å²) in [5.74, 6) is 0.727. The fourth-order valence-electron chi connectivity index (χ4n) is 2.03. The lowest BCUT2D eigenvalue weighted by Crippen LogP contribution is -2.26. The highest BCUT2D eigenvalue weighted by Crippen LogP contribution is 2.24. The van der Waals surface area contributed by atoms with Crippen molar-refractivity contribution in [1.29, 1.82) is 0 Å². The van der Waals surface area contributed by atoms with E-state index in [2.05, 4.69) is 5.32 Å². The van der Waals surface area contributed by atoms with Gasteiger partial charge in [-0.15, -0.1) is 0 Å². The summed E-state index contributed by atoms with van der Waals surface area (Å²) in [6, 6.07) is 9.01. The average Bonchev–Trinajstić information content (AvgIpc) is 2.91. The first-order chi connectivity index (χ1) is 9.61. The van der Waals surface area contributed by atoms with Gasteiger partial charge in [-0.25, -0.2) is 0 Å². The van der Waals surface area contributed by atoms with E-state index in [1.165, 1.54) is 0 Å². The number of amides is 1. The summed E-state index contributed by atoms with van der Waals surface area (Å²) in [5.41, 5.74) is 7.85. The molecule has 0 spiro atoms. The van der Waals surface area contributed by atoms with E-state index in [-0.39, 0.29) is 5.91 Å². The van der Waals surface area contributed by atoms with E-state index in [1.807, 2.05) is 31.0 Å². The van der Waals surface area contributed by atoms with Crippen LogP contribution >= 0.6 is 0 Å². The number of carbonyl (C=O) groups is 1. The first kappa shape index (κ1) is 14.0. The highest BCUT2D eigenvalue weighted by Gasteiger charge is 2.15. The molecule has 1 aromatic carbocycles.